The lowest BCUT2D eigenvalue weighted by molar-refractivity contribution is 0.102. The smallest absolute Gasteiger partial charge is 0.256 e. The quantitative estimate of drug-likeness (QED) is 0.526. The SMILES string of the molecule is CCOc1ccc(-c2c(NC(=O)c3ccc(Br)cc3)n[nH]c2C)cc1OCC. The molecule has 146 valence electrons. The Bertz CT molecular complexity index is 968. The van der Waals surface area contributed by atoms with Crippen LogP contribution in [-0.4, -0.2) is 29.3 Å². The number of hydrogen-bond acceptors (Lipinski definition) is 4. The number of nitrogens with one attached hydrogen (secondary N) is 2. The van der Waals surface area contributed by atoms with E-state index in [4.69, 9.17) is 9.47 Å². The van der Waals surface area contributed by atoms with Gasteiger partial charge in [-0.15, -0.1) is 0 Å². The Morgan fingerprint density at radius 3 is 2.43 bits per heavy atom. The summed E-state index contributed by atoms with van der Waals surface area (Å²) in [4.78, 5) is 12.6. The van der Waals surface area contributed by atoms with Crippen LogP contribution in [0.1, 0.15) is 29.9 Å². The van der Waals surface area contributed by atoms with Gasteiger partial charge < -0.3 is 14.8 Å². The zero-order valence-electron chi connectivity index (χ0n) is 16.0. The molecule has 0 fully saturated rings. The van der Waals surface area contributed by atoms with E-state index in [9.17, 15) is 4.79 Å². The number of anilines is 1. The predicted molar refractivity (Wildman–Crippen MR) is 113 cm³/mol. The molecule has 2 aromatic carbocycles. The zero-order chi connectivity index (χ0) is 20.1. The van der Waals surface area contributed by atoms with E-state index in [1.807, 2.05) is 51.1 Å². The minimum absolute atomic E-state index is 0.226. The highest BCUT2D eigenvalue weighted by molar-refractivity contribution is 9.10. The summed E-state index contributed by atoms with van der Waals surface area (Å²) in [6.07, 6.45) is 0. The van der Waals surface area contributed by atoms with E-state index in [2.05, 4.69) is 31.4 Å². The van der Waals surface area contributed by atoms with Gasteiger partial charge in [-0.1, -0.05) is 22.0 Å². The molecule has 0 radical (unpaired) electrons. The van der Waals surface area contributed by atoms with Gasteiger partial charge in [0.25, 0.3) is 5.91 Å². The molecule has 0 aliphatic rings. The number of halogens is 1. The summed E-state index contributed by atoms with van der Waals surface area (Å²) in [5.41, 5.74) is 3.09. The summed E-state index contributed by atoms with van der Waals surface area (Å²) < 4.78 is 12.3. The average Bonchev–Trinajstić information content (AvgIpc) is 3.04. The number of amides is 1. The van der Waals surface area contributed by atoms with E-state index in [-0.39, 0.29) is 5.91 Å². The van der Waals surface area contributed by atoms with Crippen molar-refractivity contribution in [3.63, 3.8) is 0 Å². The Kier molecular flexibility index (Phi) is 6.36. The van der Waals surface area contributed by atoms with Crippen molar-refractivity contribution < 1.29 is 14.3 Å². The lowest BCUT2D eigenvalue weighted by atomic mass is 10.0. The van der Waals surface area contributed by atoms with Crippen molar-refractivity contribution in [1.29, 1.82) is 0 Å². The van der Waals surface area contributed by atoms with Gasteiger partial charge in [-0.2, -0.15) is 5.10 Å². The van der Waals surface area contributed by atoms with Crippen LogP contribution in [0.5, 0.6) is 11.5 Å². The van der Waals surface area contributed by atoms with Crippen LogP contribution in [0.2, 0.25) is 0 Å². The minimum Gasteiger partial charge on any atom is -0.490 e. The number of aromatic nitrogens is 2. The minimum atomic E-state index is -0.226. The molecular formula is C21H22BrN3O3. The van der Waals surface area contributed by atoms with E-state index >= 15 is 0 Å². The number of carbonyl (C=O) groups excluding carboxylic acids is 1. The Balaban J connectivity index is 1.93. The molecule has 0 saturated heterocycles. The molecule has 0 atom stereocenters. The maximum Gasteiger partial charge on any atom is 0.256 e. The van der Waals surface area contributed by atoms with Crippen LogP contribution in [0.25, 0.3) is 11.1 Å². The lowest BCUT2D eigenvalue weighted by Crippen LogP contribution is -2.12. The molecule has 1 heterocycles. The summed E-state index contributed by atoms with van der Waals surface area (Å²) >= 11 is 3.37. The first-order chi connectivity index (χ1) is 13.5. The molecule has 6 nitrogen and oxygen atoms in total. The van der Waals surface area contributed by atoms with Gasteiger partial charge in [-0.3, -0.25) is 9.89 Å². The van der Waals surface area contributed by atoms with Crippen molar-refractivity contribution >= 4 is 27.7 Å². The van der Waals surface area contributed by atoms with Crippen molar-refractivity contribution in [2.24, 2.45) is 0 Å². The Labute approximate surface area is 172 Å². The number of H-pyrrole nitrogens is 1. The first kappa shape index (κ1) is 19.9. The van der Waals surface area contributed by atoms with Crippen molar-refractivity contribution in [3.05, 3.63) is 58.2 Å². The van der Waals surface area contributed by atoms with Crippen molar-refractivity contribution in [2.75, 3.05) is 18.5 Å². The molecule has 0 aliphatic heterocycles. The summed E-state index contributed by atoms with van der Waals surface area (Å²) in [5.74, 6) is 1.59. The van der Waals surface area contributed by atoms with Crippen LogP contribution in [-0.2, 0) is 0 Å². The first-order valence-corrected chi connectivity index (χ1v) is 9.84. The average molecular weight is 444 g/mol. The Morgan fingerprint density at radius 2 is 1.75 bits per heavy atom. The highest BCUT2D eigenvalue weighted by Gasteiger charge is 2.18. The normalized spacial score (nSPS) is 10.6. The predicted octanol–water partition coefficient (Wildman–Crippen LogP) is 5.20. The maximum absolute atomic E-state index is 12.6. The topological polar surface area (TPSA) is 76.2 Å². The number of aromatic amines is 1. The number of hydrogen-bond donors (Lipinski definition) is 2. The van der Waals surface area contributed by atoms with Gasteiger partial charge in [0, 0.05) is 21.3 Å². The number of aryl methyl sites for hydroxylation is 1. The molecule has 0 unspecified atom stereocenters. The second-order valence-corrected chi connectivity index (χ2v) is 6.98. The fourth-order valence-electron chi connectivity index (χ4n) is 2.86. The van der Waals surface area contributed by atoms with Gasteiger partial charge in [0.2, 0.25) is 0 Å². The lowest BCUT2D eigenvalue weighted by Gasteiger charge is -2.13. The van der Waals surface area contributed by atoms with E-state index in [0.717, 1.165) is 21.3 Å². The molecule has 0 saturated carbocycles. The molecule has 0 bridgehead atoms. The molecule has 28 heavy (non-hydrogen) atoms. The van der Waals surface area contributed by atoms with Gasteiger partial charge in [0.1, 0.15) is 0 Å². The molecule has 3 rings (SSSR count). The fourth-order valence-corrected chi connectivity index (χ4v) is 3.12. The molecule has 0 spiro atoms. The number of ether oxygens (including phenoxy) is 2. The molecule has 1 aromatic heterocycles. The second-order valence-electron chi connectivity index (χ2n) is 6.06. The monoisotopic (exact) mass is 443 g/mol. The largest absolute Gasteiger partial charge is 0.490 e. The van der Waals surface area contributed by atoms with E-state index in [1.54, 1.807) is 12.1 Å². The van der Waals surface area contributed by atoms with Crippen molar-refractivity contribution in [3.8, 4) is 22.6 Å². The summed E-state index contributed by atoms with van der Waals surface area (Å²) in [6.45, 7) is 6.85. The molecule has 1 amide bonds. The third kappa shape index (κ3) is 4.36. The molecule has 3 aromatic rings. The molecule has 0 aliphatic carbocycles. The number of benzene rings is 2. The number of nitrogens with zero attached hydrogens (tertiary/aromatic N) is 1. The van der Waals surface area contributed by atoms with E-state index in [0.29, 0.717) is 36.1 Å². The number of carbonyl (C=O) groups is 1. The van der Waals surface area contributed by atoms with Gasteiger partial charge >= 0.3 is 0 Å². The zero-order valence-corrected chi connectivity index (χ0v) is 17.6. The Morgan fingerprint density at radius 1 is 1.07 bits per heavy atom. The molecular weight excluding hydrogens is 422 g/mol. The summed E-state index contributed by atoms with van der Waals surface area (Å²) in [5, 5.41) is 10.1. The summed E-state index contributed by atoms with van der Waals surface area (Å²) in [6, 6.07) is 12.9. The van der Waals surface area contributed by atoms with Gasteiger partial charge in [-0.25, -0.2) is 0 Å². The van der Waals surface area contributed by atoms with E-state index < -0.39 is 0 Å². The highest BCUT2D eigenvalue weighted by atomic mass is 79.9. The van der Waals surface area contributed by atoms with Crippen LogP contribution in [0.4, 0.5) is 5.82 Å². The number of rotatable bonds is 7. The standard InChI is InChI=1S/C21H22BrN3O3/c1-4-27-17-11-8-15(12-18(17)28-5-2)19-13(3)24-25-20(19)23-21(26)14-6-9-16(22)10-7-14/h6-12H,4-5H2,1-3H3,(H2,23,24,25,26). The molecule has 7 heteroatoms. The van der Waals surface area contributed by atoms with Gasteiger partial charge in [-0.05, 0) is 62.7 Å². The second kappa shape index (κ2) is 8.93. The van der Waals surface area contributed by atoms with Crippen LogP contribution in [0.15, 0.2) is 46.9 Å². The van der Waals surface area contributed by atoms with Crippen molar-refractivity contribution in [2.45, 2.75) is 20.8 Å². The molecule has 2 N–H and O–H groups in total. The first-order valence-electron chi connectivity index (χ1n) is 9.05. The van der Waals surface area contributed by atoms with Crippen LogP contribution in [0, 0.1) is 6.92 Å². The highest BCUT2D eigenvalue weighted by Crippen LogP contribution is 2.36. The van der Waals surface area contributed by atoms with Crippen LogP contribution < -0.4 is 14.8 Å². The van der Waals surface area contributed by atoms with Gasteiger partial charge in [0.15, 0.2) is 17.3 Å². The van der Waals surface area contributed by atoms with Crippen molar-refractivity contribution in [1.82, 2.24) is 10.2 Å². The third-order valence-corrected chi connectivity index (χ3v) is 4.65. The van der Waals surface area contributed by atoms with Gasteiger partial charge in [0.05, 0.1) is 13.2 Å². The third-order valence-electron chi connectivity index (χ3n) is 4.12. The van der Waals surface area contributed by atoms with Crippen LogP contribution in [0.3, 0.4) is 0 Å². The maximum atomic E-state index is 12.6. The van der Waals surface area contributed by atoms with E-state index in [1.165, 1.54) is 0 Å². The van der Waals surface area contributed by atoms with Crippen LogP contribution >= 0.6 is 15.9 Å². The fraction of sp³-hybridized carbons (Fsp3) is 0.238. The Hall–Kier alpha value is -2.80. The summed E-state index contributed by atoms with van der Waals surface area (Å²) in [7, 11) is 0.